The number of rotatable bonds is 3. The Labute approximate surface area is 118 Å². The minimum atomic E-state index is -0.882. The molecule has 1 aliphatic heterocycles. The van der Waals surface area contributed by atoms with Gasteiger partial charge in [0.15, 0.2) is 0 Å². The highest BCUT2D eigenvalue weighted by Gasteiger charge is 2.43. The van der Waals surface area contributed by atoms with Crippen LogP contribution < -0.4 is 0 Å². The van der Waals surface area contributed by atoms with Gasteiger partial charge in [0.2, 0.25) is 5.91 Å². The Bertz CT molecular complexity index is 395. The van der Waals surface area contributed by atoms with Gasteiger partial charge in [-0.05, 0) is 26.7 Å². The number of carbonyl (C=O) groups excluding carboxylic acids is 1. The van der Waals surface area contributed by atoms with E-state index in [-0.39, 0.29) is 12.5 Å². The molecular weight excluding hydrogens is 262 g/mol. The number of nitrogens with zero attached hydrogens (tertiary/aromatic N) is 1. The van der Waals surface area contributed by atoms with Crippen LogP contribution in [-0.2, 0) is 14.3 Å². The molecule has 1 aliphatic carbocycles. The highest BCUT2D eigenvalue weighted by Crippen LogP contribution is 2.34. The number of hydrogen-bond acceptors (Lipinski definition) is 4. The molecule has 1 amide bonds. The van der Waals surface area contributed by atoms with Crippen molar-refractivity contribution in [2.75, 3.05) is 19.7 Å². The summed E-state index contributed by atoms with van der Waals surface area (Å²) in [4.78, 5) is 25.5. The lowest BCUT2D eigenvalue weighted by atomic mass is 9.93. The van der Waals surface area contributed by atoms with Gasteiger partial charge >= 0.3 is 5.97 Å². The summed E-state index contributed by atoms with van der Waals surface area (Å²) in [6.45, 7) is 4.38. The van der Waals surface area contributed by atoms with Gasteiger partial charge in [0.25, 0.3) is 0 Å². The number of ether oxygens (including phenoxy) is 1. The minimum absolute atomic E-state index is 0.107. The standard InChI is InChI=1S/C14H23NO5/c1-14(2)8-15(6-9(7-16)20-14)12(17)10-4-3-5-11(10)13(18)19/h9-11,16H,3-8H2,1-2H3,(H,18,19)/t9?,10-,11+/m1/s1. The van der Waals surface area contributed by atoms with E-state index in [1.807, 2.05) is 13.8 Å². The van der Waals surface area contributed by atoms with Crippen LogP contribution in [0.25, 0.3) is 0 Å². The number of hydrogen-bond donors (Lipinski definition) is 2. The van der Waals surface area contributed by atoms with Gasteiger partial charge in [-0.3, -0.25) is 9.59 Å². The molecule has 20 heavy (non-hydrogen) atoms. The lowest BCUT2D eigenvalue weighted by molar-refractivity contribution is -0.172. The van der Waals surface area contributed by atoms with Crippen molar-refractivity contribution in [1.82, 2.24) is 4.90 Å². The molecule has 114 valence electrons. The fourth-order valence-corrected chi connectivity index (χ4v) is 3.34. The Balaban J connectivity index is 2.09. The summed E-state index contributed by atoms with van der Waals surface area (Å²) in [5.74, 6) is -1.99. The molecule has 2 fully saturated rings. The molecule has 0 aromatic carbocycles. The largest absolute Gasteiger partial charge is 0.481 e. The summed E-state index contributed by atoms with van der Waals surface area (Å²) in [6, 6.07) is 0. The molecule has 0 bridgehead atoms. The Hall–Kier alpha value is -1.14. The number of aliphatic hydroxyl groups excluding tert-OH is 1. The molecule has 2 rings (SSSR count). The first-order valence-electron chi connectivity index (χ1n) is 7.14. The molecule has 2 aliphatic rings. The van der Waals surface area contributed by atoms with E-state index >= 15 is 0 Å². The number of aliphatic hydroxyl groups is 1. The summed E-state index contributed by atoms with van der Waals surface area (Å²) in [5, 5.41) is 18.5. The van der Waals surface area contributed by atoms with Crippen LogP contribution in [0.2, 0.25) is 0 Å². The van der Waals surface area contributed by atoms with Crippen molar-refractivity contribution in [3.05, 3.63) is 0 Å². The van der Waals surface area contributed by atoms with Crippen LogP contribution in [0, 0.1) is 11.8 Å². The van der Waals surface area contributed by atoms with E-state index in [4.69, 9.17) is 4.74 Å². The quantitative estimate of drug-likeness (QED) is 0.788. The summed E-state index contributed by atoms with van der Waals surface area (Å²) >= 11 is 0. The number of aliphatic carboxylic acids is 1. The Morgan fingerprint density at radius 1 is 1.30 bits per heavy atom. The summed E-state index contributed by atoms with van der Waals surface area (Å²) in [5.41, 5.74) is -0.515. The van der Waals surface area contributed by atoms with E-state index in [0.717, 1.165) is 6.42 Å². The topological polar surface area (TPSA) is 87.1 Å². The van der Waals surface area contributed by atoms with Crippen molar-refractivity contribution in [2.24, 2.45) is 11.8 Å². The third-order valence-electron chi connectivity index (χ3n) is 4.15. The molecule has 0 radical (unpaired) electrons. The average molecular weight is 285 g/mol. The molecule has 2 N–H and O–H groups in total. The number of carboxylic acid groups (broad SMARTS) is 1. The van der Waals surface area contributed by atoms with E-state index in [1.165, 1.54) is 0 Å². The Kier molecular flexibility index (Phi) is 4.34. The number of morpholine rings is 1. The van der Waals surface area contributed by atoms with E-state index in [2.05, 4.69) is 0 Å². The predicted molar refractivity (Wildman–Crippen MR) is 71.1 cm³/mol. The maximum atomic E-state index is 12.6. The number of carboxylic acids is 1. The summed E-state index contributed by atoms with van der Waals surface area (Å²) in [7, 11) is 0. The van der Waals surface area contributed by atoms with Gasteiger partial charge in [-0.25, -0.2) is 0 Å². The van der Waals surface area contributed by atoms with Gasteiger partial charge in [-0.15, -0.1) is 0 Å². The fourth-order valence-electron chi connectivity index (χ4n) is 3.34. The summed E-state index contributed by atoms with van der Waals surface area (Å²) < 4.78 is 5.68. The highest BCUT2D eigenvalue weighted by atomic mass is 16.5. The van der Waals surface area contributed by atoms with Gasteiger partial charge < -0.3 is 19.8 Å². The first-order valence-corrected chi connectivity index (χ1v) is 7.14. The summed E-state index contributed by atoms with van der Waals surface area (Å²) in [6.07, 6.45) is 1.59. The molecule has 1 heterocycles. The van der Waals surface area contributed by atoms with E-state index < -0.39 is 29.5 Å². The van der Waals surface area contributed by atoms with E-state index in [1.54, 1.807) is 4.90 Å². The van der Waals surface area contributed by atoms with E-state index in [0.29, 0.717) is 25.9 Å². The van der Waals surface area contributed by atoms with E-state index in [9.17, 15) is 19.8 Å². The maximum absolute atomic E-state index is 12.6. The predicted octanol–water partition coefficient (Wildman–Crippen LogP) is 0.486. The SMILES string of the molecule is CC1(C)CN(C(=O)[C@@H]2CCC[C@@H]2C(=O)O)CC(CO)O1. The van der Waals surface area contributed by atoms with Crippen molar-refractivity contribution in [2.45, 2.75) is 44.8 Å². The first-order chi connectivity index (χ1) is 9.34. The molecule has 1 saturated heterocycles. The second-order valence-electron chi connectivity index (χ2n) is 6.38. The zero-order valence-electron chi connectivity index (χ0n) is 12.0. The smallest absolute Gasteiger partial charge is 0.307 e. The van der Waals surface area contributed by atoms with Crippen molar-refractivity contribution in [3.8, 4) is 0 Å². The van der Waals surface area contributed by atoms with Crippen LogP contribution in [0.1, 0.15) is 33.1 Å². The normalized spacial score (nSPS) is 33.1. The highest BCUT2D eigenvalue weighted by molar-refractivity contribution is 5.85. The van der Waals surface area contributed by atoms with Crippen LogP contribution in [0.15, 0.2) is 0 Å². The van der Waals surface area contributed by atoms with Gasteiger partial charge in [-0.2, -0.15) is 0 Å². The lowest BCUT2D eigenvalue weighted by Crippen LogP contribution is -2.57. The van der Waals surface area contributed by atoms with Crippen LogP contribution in [0.3, 0.4) is 0 Å². The van der Waals surface area contributed by atoms with Gasteiger partial charge in [0.1, 0.15) is 0 Å². The Morgan fingerprint density at radius 3 is 2.55 bits per heavy atom. The lowest BCUT2D eigenvalue weighted by Gasteiger charge is -2.43. The van der Waals surface area contributed by atoms with Crippen molar-refractivity contribution in [3.63, 3.8) is 0 Å². The average Bonchev–Trinajstić information content (AvgIpc) is 2.85. The van der Waals surface area contributed by atoms with Gasteiger partial charge in [0.05, 0.1) is 30.1 Å². The number of amides is 1. The molecule has 0 aromatic rings. The Morgan fingerprint density at radius 2 is 1.95 bits per heavy atom. The minimum Gasteiger partial charge on any atom is -0.481 e. The molecule has 6 heteroatoms. The molecule has 3 atom stereocenters. The first kappa shape index (κ1) is 15.3. The molecule has 0 aromatic heterocycles. The molecule has 6 nitrogen and oxygen atoms in total. The van der Waals surface area contributed by atoms with Crippen LogP contribution in [0.5, 0.6) is 0 Å². The fraction of sp³-hybridized carbons (Fsp3) is 0.857. The van der Waals surface area contributed by atoms with Crippen molar-refractivity contribution >= 4 is 11.9 Å². The molecule has 1 unspecified atom stereocenters. The zero-order chi connectivity index (χ0) is 14.9. The number of carbonyl (C=O) groups is 2. The zero-order valence-corrected chi connectivity index (χ0v) is 12.0. The van der Waals surface area contributed by atoms with Crippen molar-refractivity contribution < 1.29 is 24.5 Å². The third kappa shape index (κ3) is 3.12. The second-order valence-corrected chi connectivity index (χ2v) is 6.38. The monoisotopic (exact) mass is 285 g/mol. The van der Waals surface area contributed by atoms with Gasteiger partial charge in [0, 0.05) is 13.1 Å². The second kappa shape index (κ2) is 5.69. The van der Waals surface area contributed by atoms with Crippen molar-refractivity contribution in [1.29, 1.82) is 0 Å². The third-order valence-corrected chi connectivity index (χ3v) is 4.15. The molecular formula is C14H23NO5. The van der Waals surface area contributed by atoms with Crippen LogP contribution >= 0.6 is 0 Å². The van der Waals surface area contributed by atoms with Crippen LogP contribution in [0.4, 0.5) is 0 Å². The molecule has 0 spiro atoms. The van der Waals surface area contributed by atoms with Gasteiger partial charge in [-0.1, -0.05) is 6.42 Å². The van der Waals surface area contributed by atoms with Crippen LogP contribution in [-0.4, -0.2) is 58.4 Å². The maximum Gasteiger partial charge on any atom is 0.307 e. The molecule has 1 saturated carbocycles.